The van der Waals surface area contributed by atoms with E-state index in [0.29, 0.717) is 0 Å². The Morgan fingerprint density at radius 2 is 1.81 bits per heavy atom. The van der Waals surface area contributed by atoms with E-state index in [9.17, 15) is 0 Å². The highest BCUT2D eigenvalue weighted by Crippen LogP contribution is 2.31. The summed E-state index contributed by atoms with van der Waals surface area (Å²) in [5.74, 6) is 0.726. The Labute approximate surface area is 101 Å². The predicted molar refractivity (Wildman–Crippen MR) is 72.8 cm³/mol. The van der Waals surface area contributed by atoms with Crippen molar-refractivity contribution in [2.75, 3.05) is 0 Å². The lowest BCUT2D eigenvalue weighted by Crippen LogP contribution is -2.21. The number of pyridine rings is 1. The van der Waals surface area contributed by atoms with E-state index in [1.54, 1.807) is 0 Å². The molecule has 0 aliphatic heterocycles. The van der Waals surface area contributed by atoms with Gasteiger partial charge in [-0.3, -0.25) is 4.98 Å². The molecule has 1 heteroatoms. The van der Waals surface area contributed by atoms with Crippen LogP contribution in [-0.4, -0.2) is 4.98 Å². The van der Waals surface area contributed by atoms with Crippen molar-refractivity contribution in [2.24, 2.45) is 5.92 Å². The molecule has 0 N–H and O–H groups in total. The number of hydrogen-bond donors (Lipinski definition) is 0. The monoisotopic (exact) mass is 221 g/mol. The summed E-state index contributed by atoms with van der Waals surface area (Å²) in [6, 6.07) is 4.23. The van der Waals surface area contributed by atoms with Crippen molar-refractivity contribution < 1.29 is 0 Å². The van der Waals surface area contributed by atoms with Crippen molar-refractivity contribution in [2.45, 2.75) is 60.3 Å². The molecular weight excluding hydrogens is 194 g/mol. The van der Waals surface area contributed by atoms with Crippen molar-refractivity contribution in [1.82, 2.24) is 4.98 Å². The second-order valence-electron chi connectivity index (χ2n) is 5.12. The molecule has 0 bridgehead atoms. The summed E-state index contributed by atoms with van der Waals surface area (Å²) >= 11 is 0. The van der Waals surface area contributed by atoms with Crippen LogP contribution in [0.3, 0.4) is 0 Å². The molecule has 0 aliphatic carbocycles. The summed E-state index contributed by atoms with van der Waals surface area (Å²) in [5.41, 5.74) is 2.79. The third-order valence-corrected chi connectivity index (χ3v) is 2.65. The van der Waals surface area contributed by atoms with Crippen LogP contribution in [0.5, 0.6) is 0 Å². The van der Waals surface area contributed by atoms with E-state index in [4.69, 9.17) is 0 Å². The van der Waals surface area contributed by atoms with E-state index in [0.717, 1.165) is 11.6 Å². The lowest BCUT2D eigenvalue weighted by atomic mass is 9.77. The van der Waals surface area contributed by atoms with Crippen LogP contribution >= 0.6 is 0 Å². The summed E-state index contributed by atoms with van der Waals surface area (Å²) in [5, 5.41) is 0. The fourth-order valence-electron chi connectivity index (χ4n) is 2.33. The molecule has 0 spiro atoms. The Bertz CT molecular complexity index is 300. The van der Waals surface area contributed by atoms with Gasteiger partial charge in [0, 0.05) is 11.9 Å². The SMILES string of the molecule is CC.Cc1ncccc1C(C)(C)CC(C)C. The molecule has 16 heavy (non-hydrogen) atoms. The average Bonchev–Trinajstić information content (AvgIpc) is 2.19. The maximum absolute atomic E-state index is 4.35. The van der Waals surface area contributed by atoms with Gasteiger partial charge in [-0.2, -0.15) is 0 Å². The van der Waals surface area contributed by atoms with Crippen molar-refractivity contribution in [3.8, 4) is 0 Å². The van der Waals surface area contributed by atoms with Gasteiger partial charge < -0.3 is 0 Å². The van der Waals surface area contributed by atoms with Crippen LogP contribution in [0.1, 0.15) is 59.2 Å². The molecule has 1 heterocycles. The molecule has 0 aromatic carbocycles. The Morgan fingerprint density at radius 1 is 1.25 bits per heavy atom. The van der Waals surface area contributed by atoms with Crippen LogP contribution in [0.2, 0.25) is 0 Å². The quantitative estimate of drug-likeness (QED) is 0.718. The van der Waals surface area contributed by atoms with E-state index in [-0.39, 0.29) is 5.41 Å². The molecule has 92 valence electrons. The molecule has 0 amide bonds. The van der Waals surface area contributed by atoms with E-state index in [1.165, 1.54) is 12.0 Å². The maximum atomic E-state index is 4.35. The van der Waals surface area contributed by atoms with E-state index < -0.39 is 0 Å². The van der Waals surface area contributed by atoms with Crippen molar-refractivity contribution >= 4 is 0 Å². The zero-order valence-electron chi connectivity index (χ0n) is 12.0. The van der Waals surface area contributed by atoms with Gasteiger partial charge in [0.2, 0.25) is 0 Å². The van der Waals surface area contributed by atoms with Gasteiger partial charge in [-0.05, 0) is 36.3 Å². The zero-order valence-corrected chi connectivity index (χ0v) is 12.0. The Hall–Kier alpha value is -0.850. The molecule has 0 unspecified atom stereocenters. The van der Waals surface area contributed by atoms with Crippen LogP contribution in [0.15, 0.2) is 18.3 Å². The Morgan fingerprint density at radius 3 is 2.25 bits per heavy atom. The highest BCUT2D eigenvalue weighted by Gasteiger charge is 2.23. The molecular formula is C15H27N. The molecule has 0 saturated heterocycles. The molecule has 1 nitrogen and oxygen atoms in total. The van der Waals surface area contributed by atoms with Gasteiger partial charge in [0.1, 0.15) is 0 Å². The second kappa shape index (κ2) is 6.67. The lowest BCUT2D eigenvalue weighted by molar-refractivity contribution is 0.397. The topological polar surface area (TPSA) is 12.9 Å². The van der Waals surface area contributed by atoms with Crippen molar-refractivity contribution in [3.05, 3.63) is 29.6 Å². The van der Waals surface area contributed by atoms with Crippen LogP contribution < -0.4 is 0 Å². The van der Waals surface area contributed by atoms with E-state index in [1.807, 2.05) is 26.1 Å². The zero-order chi connectivity index (χ0) is 12.8. The smallest absolute Gasteiger partial charge is 0.0410 e. The largest absolute Gasteiger partial charge is 0.261 e. The molecule has 0 fully saturated rings. The van der Waals surface area contributed by atoms with Crippen molar-refractivity contribution in [1.29, 1.82) is 0 Å². The molecule has 0 aliphatic rings. The summed E-state index contributed by atoms with van der Waals surface area (Å²) in [4.78, 5) is 4.35. The molecule has 1 aromatic rings. The van der Waals surface area contributed by atoms with Crippen LogP contribution in [0.25, 0.3) is 0 Å². The first kappa shape index (κ1) is 15.2. The summed E-state index contributed by atoms with van der Waals surface area (Å²) in [7, 11) is 0. The van der Waals surface area contributed by atoms with Crippen LogP contribution in [0.4, 0.5) is 0 Å². The minimum Gasteiger partial charge on any atom is -0.261 e. The Kier molecular flexibility index (Phi) is 6.32. The first-order valence-corrected chi connectivity index (χ1v) is 6.35. The number of rotatable bonds is 3. The fourth-order valence-corrected chi connectivity index (χ4v) is 2.33. The van der Waals surface area contributed by atoms with Gasteiger partial charge in [-0.25, -0.2) is 0 Å². The number of aromatic nitrogens is 1. The summed E-state index contributed by atoms with van der Waals surface area (Å²) < 4.78 is 0. The van der Waals surface area contributed by atoms with Crippen LogP contribution in [0, 0.1) is 12.8 Å². The third-order valence-electron chi connectivity index (χ3n) is 2.65. The first-order valence-electron chi connectivity index (χ1n) is 6.35. The highest BCUT2D eigenvalue weighted by molar-refractivity contribution is 5.26. The van der Waals surface area contributed by atoms with Gasteiger partial charge in [0.15, 0.2) is 0 Å². The normalized spacial score (nSPS) is 11.0. The minimum absolute atomic E-state index is 0.243. The van der Waals surface area contributed by atoms with Crippen molar-refractivity contribution in [3.63, 3.8) is 0 Å². The number of hydrogen-bond acceptors (Lipinski definition) is 1. The molecule has 1 rings (SSSR count). The minimum atomic E-state index is 0.243. The molecule has 0 saturated carbocycles. The Balaban J connectivity index is 0.00000106. The molecule has 0 atom stereocenters. The van der Waals surface area contributed by atoms with Gasteiger partial charge in [0.05, 0.1) is 0 Å². The lowest BCUT2D eigenvalue weighted by Gasteiger charge is -2.28. The van der Waals surface area contributed by atoms with Crippen LogP contribution in [-0.2, 0) is 5.41 Å². The summed E-state index contributed by atoms with van der Waals surface area (Å²) in [6.45, 7) is 15.2. The number of nitrogens with zero attached hydrogens (tertiary/aromatic N) is 1. The summed E-state index contributed by atoms with van der Waals surface area (Å²) in [6.07, 6.45) is 3.07. The number of aryl methyl sites for hydroxylation is 1. The third kappa shape index (κ3) is 4.34. The van der Waals surface area contributed by atoms with Gasteiger partial charge in [-0.1, -0.05) is 47.6 Å². The van der Waals surface area contributed by atoms with Gasteiger partial charge in [-0.15, -0.1) is 0 Å². The molecule has 0 radical (unpaired) electrons. The second-order valence-corrected chi connectivity index (χ2v) is 5.12. The fraction of sp³-hybridized carbons (Fsp3) is 0.667. The average molecular weight is 221 g/mol. The standard InChI is InChI=1S/C13H21N.C2H6/c1-10(2)9-13(4,5)12-7-6-8-14-11(12)3;1-2/h6-8,10H,9H2,1-5H3;1-2H3. The molecule has 1 aromatic heterocycles. The predicted octanol–water partition coefficient (Wildman–Crippen LogP) is 4.74. The maximum Gasteiger partial charge on any atom is 0.0410 e. The van der Waals surface area contributed by atoms with Gasteiger partial charge >= 0.3 is 0 Å². The van der Waals surface area contributed by atoms with Gasteiger partial charge in [0.25, 0.3) is 0 Å². The van der Waals surface area contributed by atoms with E-state index in [2.05, 4.69) is 45.7 Å². The highest BCUT2D eigenvalue weighted by atomic mass is 14.7. The van der Waals surface area contributed by atoms with E-state index >= 15 is 0 Å². The first-order chi connectivity index (χ1) is 7.43.